The zero-order valence-electron chi connectivity index (χ0n) is 14.9. The molecule has 0 radical (unpaired) electrons. The maximum atomic E-state index is 12.4. The minimum atomic E-state index is -0.234. The maximum absolute atomic E-state index is 12.4. The van der Waals surface area contributed by atoms with E-state index in [4.69, 9.17) is 4.74 Å². The van der Waals surface area contributed by atoms with Crippen LogP contribution in [-0.2, 0) is 20.9 Å². The van der Waals surface area contributed by atoms with Crippen molar-refractivity contribution in [3.05, 3.63) is 35.4 Å². The second-order valence-corrected chi connectivity index (χ2v) is 6.90. The fourth-order valence-corrected chi connectivity index (χ4v) is 3.41. The van der Waals surface area contributed by atoms with Crippen LogP contribution in [0, 0.1) is 12.8 Å². The normalized spacial score (nSPS) is 21.6. The lowest BCUT2D eigenvalue weighted by Gasteiger charge is -2.28. The van der Waals surface area contributed by atoms with Crippen LogP contribution in [0.5, 0.6) is 0 Å². The first kappa shape index (κ1) is 17.9. The first-order valence-corrected chi connectivity index (χ1v) is 9.03. The number of nitrogens with zero attached hydrogens (tertiary/aromatic N) is 2. The monoisotopic (exact) mass is 345 g/mol. The molecule has 2 fully saturated rings. The van der Waals surface area contributed by atoms with Crippen molar-refractivity contribution in [1.82, 2.24) is 15.1 Å². The Morgan fingerprint density at radius 1 is 1.28 bits per heavy atom. The van der Waals surface area contributed by atoms with Crippen LogP contribution < -0.4 is 5.32 Å². The molecule has 2 aliphatic rings. The van der Waals surface area contributed by atoms with Gasteiger partial charge in [0.05, 0.1) is 19.1 Å². The van der Waals surface area contributed by atoms with Gasteiger partial charge >= 0.3 is 0 Å². The standard InChI is InChI=1S/C19H27N3O3/c1-15-3-2-4-16(11-15)13-20-19(24)17-12-18(23)22(14-17)6-5-21-7-9-25-10-8-21/h2-4,11,17H,5-10,12-14H2,1H3,(H,20,24). The highest BCUT2D eigenvalue weighted by Gasteiger charge is 2.34. The van der Waals surface area contributed by atoms with Gasteiger partial charge in [0.25, 0.3) is 0 Å². The van der Waals surface area contributed by atoms with Gasteiger partial charge in [0.2, 0.25) is 11.8 Å². The van der Waals surface area contributed by atoms with E-state index in [1.165, 1.54) is 5.56 Å². The average molecular weight is 345 g/mol. The zero-order valence-corrected chi connectivity index (χ0v) is 14.9. The highest BCUT2D eigenvalue weighted by Crippen LogP contribution is 2.18. The van der Waals surface area contributed by atoms with E-state index >= 15 is 0 Å². The van der Waals surface area contributed by atoms with Crippen LogP contribution in [0.15, 0.2) is 24.3 Å². The number of carbonyl (C=O) groups excluding carboxylic acids is 2. The smallest absolute Gasteiger partial charge is 0.225 e. The van der Waals surface area contributed by atoms with Crippen molar-refractivity contribution >= 4 is 11.8 Å². The van der Waals surface area contributed by atoms with E-state index in [9.17, 15) is 9.59 Å². The van der Waals surface area contributed by atoms with E-state index in [1.807, 2.05) is 30.0 Å². The van der Waals surface area contributed by atoms with Gasteiger partial charge in [-0.1, -0.05) is 29.8 Å². The third-order valence-corrected chi connectivity index (χ3v) is 4.92. The van der Waals surface area contributed by atoms with Crippen LogP contribution in [0.2, 0.25) is 0 Å². The summed E-state index contributed by atoms with van der Waals surface area (Å²) in [4.78, 5) is 28.7. The molecular formula is C19H27N3O3. The van der Waals surface area contributed by atoms with Crippen LogP contribution in [0.1, 0.15) is 17.5 Å². The number of nitrogens with one attached hydrogen (secondary N) is 1. The minimum Gasteiger partial charge on any atom is -0.379 e. The van der Waals surface area contributed by atoms with E-state index in [0.29, 0.717) is 26.1 Å². The van der Waals surface area contributed by atoms with Crippen LogP contribution >= 0.6 is 0 Å². The Labute approximate surface area is 149 Å². The molecular weight excluding hydrogens is 318 g/mol. The van der Waals surface area contributed by atoms with Gasteiger partial charge in [0.1, 0.15) is 0 Å². The number of aryl methyl sites for hydroxylation is 1. The summed E-state index contributed by atoms with van der Waals surface area (Å²) in [5.41, 5.74) is 2.26. The summed E-state index contributed by atoms with van der Waals surface area (Å²) >= 11 is 0. The van der Waals surface area contributed by atoms with Gasteiger partial charge in [-0.25, -0.2) is 0 Å². The van der Waals surface area contributed by atoms with Crippen molar-refractivity contribution < 1.29 is 14.3 Å². The Balaban J connectivity index is 1.43. The van der Waals surface area contributed by atoms with E-state index < -0.39 is 0 Å². The third kappa shape index (κ3) is 5.03. The molecule has 2 heterocycles. The van der Waals surface area contributed by atoms with Crippen molar-refractivity contribution in [1.29, 1.82) is 0 Å². The number of hydrogen-bond donors (Lipinski definition) is 1. The molecule has 2 amide bonds. The van der Waals surface area contributed by atoms with Gasteiger partial charge in [-0.15, -0.1) is 0 Å². The minimum absolute atomic E-state index is 0.0243. The molecule has 2 saturated heterocycles. The Bertz CT molecular complexity index is 614. The summed E-state index contributed by atoms with van der Waals surface area (Å²) < 4.78 is 5.34. The SMILES string of the molecule is Cc1cccc(CNC(=O)C2CC(=O)N(CCN3CCOCC3)C2)c1. The molecule has 1 N–H and O–H groups in total. The number of ether oxygens (including phenoxy) is 1. The van der Waals surface area contributed by atoms with E-state index in [-0.39, 0.29) is 17.7 Å². The molecule has 0 saturated carbocycles. The predicted molar refractivity (Wildman–Crippen MR) is 95.0 cm³/mol. The summed E-state index contributed by atoms with van der Waals surface area (Å²) in [6, 6.07) is 8.09. The number of hydrogen-bond acceptors (Lipinski definition) is 4. The second kappa shape index (κ2) is 8.45. The summed E-state index contributed by atoms with van der Waals surface area (Å²) in [5.74, 6) is -0.172. The number of morpholine rings is 1. The Morgan fingerprint density at radius 3 is 2.84 bits per heavy atom. The van der Waals surface area contributed by atoms with Crippen LogP contribution in [0.4, 0.5) is 0 Å². The molecule has 0 aliphatic carbocycles. The van der Waals surface area contributed by atoms with Gasteiger partial charge in [0.15, 0.2) is 0 Å². The Hall–Kier alpha value is -1.92. The molecule has 25 heavy (non-hydrogen) atoms. The van der Waals surface area contributed by atoms with Gasteiger partial charge in [-0.2, -0.15) is 0 Å². The molecule has 6 nitrogen and oxygen atoms in total. The average Bonchev–Trinajstić information content (AvgIpc) is 3.00. The van der Waals surface area contributed by atoms with Gasteiger partial charge in [0, 0.05) is 45.7 Å². The predicted octanol–water partition coefficient (Wildman–Crippen LogP) is 0.792. The van der Waals surface area contributed by atoms with Gasteiger partial charge < -0.3 is 15.0 Å². The van der Waals surface area contributed by atoms with E-state index in [1.54, 1.807) is 0 Å². The largest absolute Gasteiger partial charge is 0.379 e. The highest BCUT2D eigenvalue weighted by molar-refractivity contribution is 5.89. The molecule has 1 aromatic rings. The molecule has 136 valence electrons. The first-order chi connectivity index (χ1) is 12.1. The Morgan fingerprint density at radius 2 is 2.08 bits per heavy atom. The Kier molecular flexibility index (Phi) is 6.04. The van der Waals surface area contributed by atoms with Crippen LogP contribution in [0.25, 0.3) is 0 Å². The number of rotatable bonds is 6. The molecule has 6 heteroatoms. The molecule has 2 aliphatic heterocycles. The van der Waals surface area contributed by atoms with Crippen molar-refractivity contribution in [3.63, 3.8) is 0 Å². The molecule has 1 unspecified atom stereocenters. The highest BCUT2D eigenvalue weighted by atomic mass is 16.5. The number of benzene rings is 1. The van der Waals surface area contributed by atoms with Gasteiger partial charge in [-0.3, -0.25) is 14.5 Å². The number of amides is 2. The van der Waals surface area contributed by atoms with Crippen molar-refractivity contribution in [3.8, 4) is 0 Å². The summed E-state index contributed by atoms with van der Waals surface area (Å²) in [7, 11) is 0. The first-order valence-electron chi connectivity index (χ1n) is 9.03. The molecule has 1 aromatic carbocycles. The third-order valence-electron chi connectivity index (χ3n) is 4.92. The fourth-order valence-electron chi connectivity index (χ4n) is 3.41. The topological polar surface area (TPSA) is 61.9 Å². The second-order valence-electron chi connectivity index (χ2n) is 6.90. The summed E-state index contributed by atoms with van der Waals surface area (Å²) in [5, 5.41) is 2.97. The molecule has 0 aromatic heterocycles. The van der Waals surface area contributed by atoms with Gasteiger partial charge in [-0.05, 0) is 12.5 Å². The van der Waals surface area contributed by atoms with E-state index in [0.717, 1.165) is 38.4 Å². The van der Waals surface area contributed by atoms with Crippen LogP contribution in [-0.4, -0.2) is 67.6 Å². The lowest BCUT2D eigenvalue weighted by atomic mass is 10.1. The summed E-state index contributed by atoms with van der Waals surface area (Å²) in [6.07, 6.45) is 0.322. The number of likely N-dealkylation sites (tertiary alicyclic amines) is 1. The van der Waals surface area contributed by atoms with Crippen molar-refractivity contribution in [2.45, 2.75) is 19.9 Å². The fraction of sp³-hybridized carbons (Fsp3) is 0.579. The number of carbonyl (C=O) groups is 2. The maximum Gasteiger partial charge on any atom is 0.225 e. The molecule has 0 bridgehead atoms. The van der Waals surface area contributed by atoms with Crippen molar-refractivity contribution in [2.75, 3.05) is 45.9 Å². The summed E-state index contributed by atoms with van der Waals surface area (Å²) in [6.45, 7) is 7.99. The van der Waals surface area contributed by atoms with E-state index in [2.05, 4.69) is 16.3 Å². The molecule has 0 spiro atoms. The lowest BCUT2D eigenvalue weighted by Crippen LogP contribution is -2.42. The molecule has 1 atom stereocenters. The quantitative estimate of drug-likeness (QED) is 0.828. The lowest BCUT2D eigenvalue weighted by molar-refractivity contribution is -0.129. The molecule has 3 rings (SSSR count). The van der Waals surface area contributed by atoms with Crippen LogP contribution in [0.3, 0.4) is 0 Å². The zero-order chi connectivity index (χ0) is 17.6. The van der Waals surface area contributed by atoms with Crippen molar-refractivity contribution in [2.24, 2.45) is 5.92 Å².